The van der Waals surface area contributed by atoms with Crippen LogP contribution in [0.5, 0.6) is 0 Å². The quantitative estimate of drug-likeness (QED) is 0.850. The first-order chi connectivity index (χ1) is 9.04. The summed E-state index contributed by atoms with van der Waals surface area (Å²) in [6, 6.07) is 7.93. The summed E-state index contributed by atoms with van der Waals surface area (Å²) in [4.78, 5) is 13.3. The Bertz CT molecular complexity index is 605. The molecule has 0 aliphatic rings. The number of rotatable bonds is 3. The van der Waals surface area contributed by atoms with Crippen LogP contribution >= 0.6 is 27.3 Å². The first kappa shape index (κ1) is 14.1. The molecule has 2 rings (SSSR count). The lowest BCUT2D eigenvalue weighted by Crippen LogP contribution is -2.05. The standard InChI is InChI=1S/C14H14BrNO2S/c1-3-18-14(17)13-11(16)8(2)12(19-13)9-4-6-10(15)7-5-9/h4-7H,3,16H2,1-2H3. The van der Waals surface area contributed by atoms with Gasteiger partial charge in [-0.1, -0.05) is 28.1 Å². The Kier molecular flexibility index (Phi) is 4.27. The summed E-state index contributed by atoms with van der Waals surface area (Å²) in [5, 5.41) is 0. The van der Waals surface area contributed by atoms with Gasteiger partial charge in [-0.2, -0.15) is 0 Å². The molecule has 0 bridgehead atoms. The number of nitrogen functional groups attached to an aromatic ring is 1. The normalized spacial score (nSPS) is 10.5. The summed E-state index contributed by atoms with van der Waals surface area (Å²) in [6.07, 6.45) is 0. The first-order valence-electron chi connectivity index (χ1n) is 5.86. The van der Waals surface area contributed by atoms with Gasteiger partial charge in [-0.05, 0) is 37.1 Å². The van der Waals surface area contributed by atoms with E-state index in [0.29, 0.717) is 17.2 Å². The predicted octanol–water partition coefficient (Wildman–Crippen LogP) is 4.24. The summed E-state index contributed by atoms with van der Waals surface area (Å²) in [6.45, 7) is 4.05. The van der Waals surface area contributed by atoms with Crippen molar-refractivity contribution in [2.24, 2.45) is 0 Å². The minimum absolute atomic E-state index is 0.350. The summed E-state index contributed by atoms with van der Waals surface area (Å²) in [5.74, 6) is -0.350. The van der Waals surface area contributed by atoms with Crippen LogP contribution in [0, 0.1) is 6.92 Å². The molecule has 100 valence electrons. The molecule has 0 aliphatic heterocycles. The van der Waals surface area contributed by atoms with Gasteiger partial charge in [-0.25, -0.2) is 4.79 Å². The molecular formula is C14H14BrNO2S. The van der Waals surface area contributed by atoms with Gasteiger partial charge < -0.3 is 10.5 Å². The average Bonchev–Trinajstić information content (AvgIpc) is 2.68. The Balaban J connectivity index is 2.45. The molecule has 0 spiro atoms. The molecule has 0 saturated carbocycles. The van der Waals surface area contributed by atoms with Crippen molar-refractivity contribution in [1.29, 1.82) is 0 Å². The van der Waals surface area contributed by atoms with E-state index in [1.807, 2.05) is 31.2 Å². The zero-order valence-corrected chi connectivity index (χ0v) is 13.1. The van der Waals surface area contributed by atoms with Gasteiger partial charge in [0, 0.05) is 9.35 Å². The van der Waals surface area contributed by atoms with Crippen molar-refractivity contribution in [2.75, 3.05) is 12.3 Å². The third kappa shape index (κ3) is 2.82. The SMILES string of the molecule is CCOC(=O)c1sc(-c2ccc(Br)cc2)c(C)c1N. The maximum absolute atomic E-state index is 11.8. The van der Waals surface area contributed by atoms with E-state index in [1.165, 1.54) is 11.3 Å². The monoisotopic (exact) mass is 339 g/mol. The number of hydrogen-bond donors (Lipinski definition) is 1. The molecule has 3 nitrogen and oxygen atoms in total. The number of benzene rings is 1. The number of hydrogen-bond acceptors (Lipinski definition) is 4. The van der Waals surface area contributed by atoms with E-state index in [-0.39, 0.29) is 5.97 Å². The van der Waals surface area contributed by atoms with Crippen LogP contribution in [-0.2, 0) is 4.74 Å². The highest BCUT2D eigenvalue weighted by molar-refractivity contribution is 9.10. The van der Waals surface area contributed by atoms with Crippen LogP contribution in [0.2, 0.25) is 0 Å². The summed E-state index contributed by atoms with van der Waals surface area (Å²) < 4.78 is 6.03. The van der Waals surface area contributed by atoms with Gasteiger partial charge in [-0.3, -0.25) is 0 Å². The fraction of sp³-hybridized carbons (Fsp3) is 0.214. The Labute approximate surface area is 124 Å². The topological polar surface area (TPSA) is 52.3 Å². The van der Waals surface area contributed by atoms with E-state index in [4.69, 9.17) is 10.5 Å². The maximum Gasteiger partial charge on any atom is 0.350 e. The van der Waals surface area contributed by atoms with Crippen LogP contribution in [-0.4, -0.2) is 12.6 Å². The van der Waals surface area contributed by atoms with Gasteiger partial charge in [0.15, 0.2) is 0 Å². The molecule has 0 saturated heterocycles. The molecule has 0 atom stereocenters. The Hall–Kier alpha value is -1.33. The molecule has 1 heterocycles. The van der Waals surface area contributed by atoms with Gasteiger partial charge in [0.25, 0.3) is 0 Å². The zero-order valence-electron chi connectivity index (χ0n) is 10.7. The number of thiophene rings is 1. The third-order valence-electron chi connectivity index (χ3n) is 2.76. The van der Waals surface area contributed by atoms with E-state index in [2.05, 4.69) is 15.9 Å². The van der Waals surface area contributed by atoms with Crippen molar-refractivity contribution in [1.82, 2.24) is 0 Å². The van der Waals surface area contributed by atoms with Gasteiger partial charge in [0.05, 0.1) is 12.3 Å². The molecular weight excluding hydrogens is 326 g/mol. The number of ether oxygens (including phenoxy) is 1. The van der Waals surface area contributed by atoms with Crippen LogP contribution in [0.15, 0.2) is 28.7 Å². The highest BCUT2D eigenvalue weighted by atomic mass is 79.9. The smallest absolute Gasteiger partial charge is 0.350 e. The molecule has 2 N–H and O–H groups in total. The van der Waals surface area contributed by atoms with Crippen molar-refractivity contribution in [3.63, 3.8) is 0 Å². The van der Waals surface area contributed by atoms with E-state index in [9.17, 15) is 4.79 Å². The van der Waals surface area contributed by atoms with E-state index in [1.54, 1.807) is 6.92 Å². The van der Waals surface area contributed by atoms with Crippen molar-refractivity contribution >= 4 is 38.9 Å². The van der Waals surface area contributed by atoms with E-state index < -0.39 is 0 Å². The van der Waals surface area contributed by atoms with Crippen LogP contribution < -0.4 is 5.73 Å². The lowest BCUT2D eigenvalue weighted by atomic mass is 10.1. The third-order valence-corrected chi connectivity index (χ3v) is 4.63. The minimum atomic E-state index is -0.350. The number of esters is 1. The summed E-state index contributed by atoms with van der Waals surface area (Å²) in [5.41, 5.74) is 8.49. The fourth-order valence-corrected chi connectivity index (χ4v) is 3.14. The first-order valence-corrected chi connectivity index (χ1v) is 7.47. The fourth-order valence-electron chi connectivity index (χ4n) is 1.75. The van der Waals surface area contributed by atoms with Crippen molar-refractivity contribution in [2.45, 2.75) is 13.8 Å². The molecule has 5 heteroatoms. The molecule has 0 aliphatic carbocycles. The molecule has 2 aromatic rings. The molecule has 1 aromatic heterocycles. The van der Waals surface area contributed by atoms with Gasteiger partial charge in [0.2, 0.25) is 0 Å². The number of carbonyl (C=O) groups is 1. The highest BCUT2D eigenvalue weighted by Crippen LogP contribution is 2.38. The van der Waals surface area contributed by atoms with Crippen LogP contribution in [0.3, 0.4) is 0 Å². The lowest BCUT2D eigenvalue weighted by Gasteiger charge is -2.00. The molecule has 0 radical (unpaired) electrons. The maximum atomic E-state index is 11.8. The molecule has 0 unspecified atom stereocenters. The van der Waals surface area contributed by atoms with Gasteiger partial charge in [-0.15, -0.1) is 11.3 Å². The van der Waals surface area contributed by atoms with Crippen molar-refractivity contribution in [3.8, 4) is 10.4 Å². The number of halogens is 1. The second-order valence-electron chi connectivity index (χ2n) is 4.03. The van der Waals surface area contributed by atoms with Crippen molar-refractivity contribution in [3.05, 3.63) is 39.2 Å². The Morgan fingerprint density at radius 2 is 2.00 bits per heavy atom. The number of carbonyl (C=O) groups excluding carboxylic acids is 1. The second-order valence-corrected chi connectivity index (χ2v) is 5.96. The van der Waals surface area contributed by atoms with Crippen LogP contribution in [0.25, 0.3) is 10.4 Å². The molecule has 19 heavy (non-hydrogen) atoms. The van der Waals surface area contributed by atoms with E-state index >= 15 is 0 Å². The van der Waals surface area contributed by atoms with Gasteiger partial charge in [0.1, 0.15) is 4.88 Å². The number of anilines is 1. The van der Waals surface area contributed by atoms with Crippen LogP contribution in [0.1, 0.15) is 22.2 Å². The average molecular weight is 340 g/mol. The Morgan fingerprint density at radius 1 is 1.37 bits per heavy atom. The van der Waals surface area contributed by atoms with Crippen LogP contribution in [0.4, 0.5) is 5.69 Å². The molecule has 0 amide bonds. The second kappa shape index (κ2) is 5.75. The summed E-state index contributed by atoms with van der Waals surface area (Å²) >= 11 is 4.78. The Morgan fingerprint density at radius 3 is 2.58 bits per heavy atom. The van der Waals surface area contributed by atoms with E-state index in [0.717, 1.165) is 20.5 Å². The zero-order chi connectivity index (χ0) is 14.0. The largest absolute Gasteiger partial charge is 0.462 e. The number of nitrogens with two attached hydrogens (primary N) is 1. The minimum Gasteiger partial charge on any atom is -0.462 e. The predicted molar refractivity (Wildman–Crippen MR) is 82.6 cm³/mol. The summed E-state index contributed by atoms with van der Waals surface area (Å²) in [7, 11) is 0. The van der Waals surface area contributed by atoms with Crippen molar-refractivity contribution < 1.29 is 9.53 Å². The highest BCUT2D eigenvalue weighted by Gasteiger charge is 2.20. The molecule has 0 fully saturated rings. The lowest BCUT2D eigenvalue weighted by molar-refractivity contribution is 0.0533. The van der Waals surface area contributed by atoms with Gasteiger partial charge >= 0.3 is 5.97 Å². The molecule has 1 aromatic carbocycles.